The third-order valence-corrected chi connectivity index (χ3v) is 6.04. The van der Waals surface area contributed by atoms with Crippen LogP contribution in [-0.4, -0.2) is 26.9 Å². The van der Waals surface area contributed by atoms with Crippen molar-refractivity contribution in [3.63, 3.8) is 0 Å². The van der Waals surface area contributed by atoms with Crippen molar-refractivity contribution < 1.29 is 8.42 Å². The van der Waals surface area contributed by atoms with Crippen LogP contribution in [0.1, 0.15) is 5.56 Å². The quantitative estimate of drug-likeness (QED) is 0.549. The van der Waals surface area contributed by atoms with E-state index in [0.717, 1.165) is 17.3 Å². The second-order valence-corrected chi connectivity index (χ2v) is 8.10. The van der Waals surface area contributed by atoms with Gasteiger partial charge in [0.2, 0.25) is 0 Å². The Balaban J connectivity index is 1.59. The van der Waals surface area contributed by atoms with Gasteiger partial charge in [0.25, 0.3) is 10.0 Å². The first-order chi connectivity index (χ1) is 12.5. The Hall–Kier alpha value is -2.49. The van der Waals surface area contributed by atoms with Gasteiger partial charge in [-0.3, -0.25) is 9.40 Å². The lowest BCUT2D eigenvalue weighted by molar-refractivity contribution is 0.602. The predicted octanol–water partition coefficient (Wildman–Crippen LogP) is 3.39. The highest BCUT2D eigenvalue weighted by Crippen LogP contribution is 2.23. The molecule has 0 spiro atoms. The summed E-state index contributed by atoms with van der Waals surface area (Å²) in [7, 11) is -3.80. The highest BCUT2D eigenvalue weighted by atomic mass is 35.5. The predicted molar refractivity (Wildman–Crippen MR) is 101 cm³/mol. The number of halogens is 1. The maximum atomic E-state index is 12.7. The van der Waals surface area contributed by atoms with E-state index in [1.807, 2.05) is 18.2 Å². The third-order valence-electron chi connectivity index (χ3n) is 3.71. The fraction of sp³-hybridized carbons (Fsp3) is 0.0625. The normalized spacial score (nSPS) is 11.7. The summed E-state index contributed by atoms with van der Waals surface area (Å²) in [5.41, 5.74) is 2.16. The summed E-state index contributed by atoms with van der Waals surface area (Å²) in [5, 5.41) is 4.82. The number of fused-ring (bicyclic) bond motifs is 1. The Morgan fingerprint density at radius 3 is 2.81 bits per heavy atom. The summed E-state index contributed by atoms with van der Waals surface area (Å²) >= 11 is 7.12. The van der Waals surface area contributed by atoms with Crippen LogP contribution in [0, 0.1) is 0 Å². The summed E-state index contributed by atoms with van der Waals surface area (Å²) in [6.45, 7) is 0.437. The highest BCUT2D eigenvalue weighted by Gasteiger charge is 2.20. The Morgan fingerprint density at radius 1 is 1.12 bits per heavy atom. The number of sulfonamides is 1. The number of benzene rings is 2. The molecule has 26 heavy (non-hydrogen) atoms. The fourth-order valence-corrected chi connectivity index (χ4v) is 4.50. The Kier molecular flexibility index (Phi) is 4.35. The van der Waals surface area contributed by atoms with Crippen molar-refractivity contribution in [1.29, 1.82) is 0 Å². The van der Waals surface area contributed by atoms with E-state index >= 15 is 0 Å². The zero-order chi connectivity index (χ0) is 18.1. The Bertz CT molecular complexity index is 1190. The molecule has 4 rings (SSSR count). The molecule has 132 valence electrons. The molecule has 0 radical (unpaired) electrons. The summed E-state index contributed by atoms with van der Waals surface area (Å²) < 4.78 is 37.7. The van der Waals surface area contributed by atoms with Crippen LogP contribution in [0.15, 0.2) is 59.8 Å². The monoisotopic (exact) mass is 405 g/mol. The fourth-order valence-electron chi connectivity index (χ4n) is 2.51. The Labute approximate surface area is 158 Å². The average Bonchev–Trinajstić information content (AvgIpc) is 3.25. The van der Waals surface area contributed by atoms with Gasteiger partial charge < -0.3 is 0 Å². The molecule has 0 amide bonds. The maximum Gasteiger partial charge on any atom is 0.264 e. The number of rotatable bonds is 5. The summed E-state index contributed by atoms with van der Waals surface area (Å²) in [6.07, 6.45) is 3.06. The molecular weight excluding hydrogens is 394 g/mol. The van der Waals surface area contributed by atoms with E-state index in [4.69, 9.17) is 11.6 Å². The number of hydrogen-bond donors (Lipinski definition) is 1. The van der Waals surface area contributed by atoms with Crippen LogP contribution in [-0.2, 0) is 16.6 Å². The molecule has 0 aliphatic heterocycles. The highest BCUT2D eigenvalue weighted by molar-refractivity contribution is 7.93. The van der Waals surface area contributed by atoms with Gasteiger partial charge in [0.1, 0.15) is 15.9 Å². The second-order valence-electron chi connectivity index (χ2n) is 5.51. The van der Waals surface area contributed by atoms with Gasteiger partial charge >= 0.3 is 0 Å². The zero-order valence-corrected chi connectivity index (χ0v) is 15.6. The largest absolute Gasteiger partial charge is 0.276 e. The van der Waals surface area contributed by atoms with Crippen LogP contribution < -0.4 is 4.72 Å². The van der Waals surface area contributed by atoms with Gasteiger partial charge in [-0.25, -0.2) is 8.42 Å². The standard InChI is InChI=1S/C16H12ClN5O2S2/c17-13-5-2-1-4-11(13)9-22-10-12(8-18-22)21-26(23,24)15-7-3-6-14-16(15)20-25-19-14/h1-8,10,21H,9H2. The van der Waals surface area contributed by atoms with Gasteiger partial charge in [-0.05, 0) is 23.8 Å². The molecule has 0 aliphatic carbocycles. The molecule has 0 saturated carbocycles. The van der Waals surface area contributed by atoms with Crippen molar-refractivity contribution in [2.75, 3.05) is 4.72 Å². The van der Waals surface area contributed by atoms with Gasteiger partial charge in [-0.15, -0.1) is 0 Å². The third kappa shape index (κ3) is 3.28. The van der Waals surface area contributed by atoms with Gasteiger partial charge in [0.05, 0.1) is 30.2 Å². The molecule has 4 aromatic rings. The van der Waals surface area contributed by atoms with Gasteiger partial charge in [-0.2, -0.15) is 13.8 Å². The number of nitrogens with one attached hydrogen (secondary N) is 1. The lowest BCUT2D eigenvalue weighted by Crippen LogP contribution is -2.13. The first-order valence-electron chi connectivity index (χ1n) is 7.53. The van der Waals surface area contributed by atoms with E-state index < -0.39 is 10.0 Å². The van der Waals surface area contributed by atoms with Crippen LogP contribution in [0.3, 0.4) is 0 Å². The summed E-state index contributed by atoms with van der Waals surface area (Å²) in [4.78, 5) is 0.0857. The smallest absolute Gasteiger partial charge is 0.264 e. The lowest BCUT2D eigenvalue weighted by atomic mass is 10.2. The molecule has 2 aromatic heterocycles. The van der Waals surface area contributed by atoms with Crippen molar-refractivity contribution in [2.24, 2.45) is 0 Å². The number of hydrogen-bond acceptors (Lipinski definition) is 6. The molecule has 0 fully saturated rings. The minimum absolute atomic E-state index is 0.0857. The van der Waals surface area contributed by atoms with Crippen molar-refractivity contribution in [2.45, 2.75) is 11.4 Å². The van der Waals surface area contributed by atoms with E-state index in [1.54, 1.807) is 29.1 Å². The van der Waals surface area contributed by atoms with Crippen molar-refractivity contribution in [3.05, 3.63) is 65.4 Å². The van der Waals surface area contributed by atoms with Crippen LogP contribution in [0.2, 0.25) is 5.02 Å². The van der Waals surface area contributed by atoms with Crippen LogP contribution >= 0.6 is 23.3 Å². The molecule has 10 heteroatoms. The zero-order valence-electron chi connectivity index (χ0n) is 13.2. The van der Waals surface area contributed by atoms with E-state index in [1.165, 1.54) is 12.3 Å². The first-order valence-corrected chi connectivity index (χ1v) is 10.1. The molecule has 0 saturated heterocycles. The van der Waals surface area contributed by atoms with E-state index in [0.29, 0.717) is 28.3 Å². The first kappa shape index (κ1) is 17.0. The van der Waals surface area contributed by atoms with Crippen molar-refractivity contribution >= 4 is 50.1 Å². The molecule has 0 unspecified atom stereocenters. The van der Waals surface area contributed by atoms with Crippen LogP contribution in [0.4, 0.5) is 5.69 Å². The summed E-state index contributed by atoms with van der Waals surface area (Å²) in [6, 6.07) is 12.3. The van der Waals surface area contributed by atoms with Crippen LogP contribution in [0.5, 0.6) is 0 Å². The van der Waals surface area contributed by atoms with Gasteiger partial charge in [0, 0.05) is 11.2 Å². The molecule has 0 aliphatic rings. The topological polar surface area (TPSA) is 89.8 Å². The minimum atomic E-state index is -3.80. The molecule has 1 N–H and O–H groups in total. The second kappa shape index (κ2) is 6.67. The van der Waals surface area contributed by atoms with Gasteiger partial charge in [0.15, 0.2) is 0 Å². The van der Waals surface area contributed by atoms with Crippen molar-refractivity contribution in [1.82, 2.24) is 18.5 Å². The molecule has 7 nitrogen and oxygen atoms in total. The number of anilines is 1. The lowest BCUT2D eigenvalue weighted by Gasteiger charge is -2.06. The van der Waals surface area contributed by atoms with E-state index in [9.17, 15) is 8.42 Å². The number of aromatic nitrogens is 4. The Morgan fingerprint density at radius 2 is 1.96 bits per heavy atom. The molecule has 0 atom stereocenters. The minimum Gasteiger partial charge on any atom is -0.276 e. The molecule has 2 heterocycles. The average molecular weight is 406 g/mol. The molecule has 0 bridgehead atoms. The SMILES string of the molecule is O=S(=O)(Nc1cnn(Cc2ccccc2Cl)c1)c1cccc2nsnc12. The van der Waals surface area contributed by atoms with Crippen LogP contribution in [0.25, 0.3) is 11.0 Å². The maximum absolute atomic E-state index is 12.7. The van der Waals surface area contributed by atoms with Crippen molar-refractivity contribution in [3.8, 4) is 0 Å². The molecule has 2 aromatic carbocycles. The number of nitrogens with zero attached hydrogens (tertiary/aromatic N) is 4. The van der Waals surface area contributed by atoms with E-state index in [2.05, 4.69) is 18.6 Å². The molecular formula is C16H12ClN5O2S2. The summed E-state index contributed by atoms with van der Waals surface area (Å²) in [5.74, 6) is 0. The van der Waals surface area contributed by atoms with E-state index in [-0.39, 0.29) is 4.90 Å². The van der Waals surface area contributed by atoms with Gasteiger partial charge in [-0.1, -0.05) is 35.9 Å².